The maximum absolute atomic E-state index is 13.2. The van der Waals surface area contributed by atoms with Gasteiger partial charge in [-0.3, -0.25) is 0 Å². The number of halogens is 3. The Morgan fingerprint density at radius 3 is 2.45 bits per heavy atom. The van der Waals surface area contributed by atoms with Crippen LogP contribution in [0.5, 0.6) is 11.5 Å². The van der Waals surface area contributed by atoms with E-state index in [1.807, 2.05) is 24.3 Å². The van der Waals surface area contributed by atoms with Gasteiger partial charge in [-0.25, -0.2) is 4.39 Å². The first kappa shape index (κ1) is 23.5. The van der Waals surface area contributed by atoms with E-state index in [-0.39, 0.29) is 12.4 Å². The summed E-state index contributed by atoms with van der Waals surface area (Å²) in [5.41, 5.74) is 3.81. The lowest BCUT2D eigenvalue weighted by Gasteiger charge is -2.29. The highest BCUT2D eigenvalue weighted by Crippen LogP contribution is 2.32. The molecule has 1 heterocycles. The van der Waals surface area contributed by atoms with Crippen molar-refractivity contribution < 1.29 is 13.9 Å². The van der Waals surface area contributed by atoms with E-state index in [0.717, 1.165) is 35.1 Å². The van der Waals surface area contributed by atoms with Crippen molar-refractivity contribution in [2.75, 3.05) is 30.4 Å². The second-order valence-corrected chi connectivity index (χ2v) is 8.89. The molecule has 0 bridgehead atoms. The molecule has 3 aromatic rings. The Morgan fingerprint density at radius 1 is 0.909 bits per heavy atom. The maximum Gasteiger partial charge on any atom is 0.161 e. The Balaban J connectivity index is 1.38. The summed E-state index contributed by atoms with van der Waals surface area (Å²) in [7, 11) is 1.60. The van der Waals surface area contributed by atoms with Crippen LogP contribution in [-0.4, -0.2) is 20.2 Å². The molecule has 0 unspecified atom stereocenters. The van der Waals surface area contributed by atoms with E-state index in [2.05, 4.69) is 22.3 Å². The summed E-state index contributed by atoms with van der Waals surface area (Å²) >= 11 is 12.7. The molecule has 1 aliphatic heterocycles. The molecule has 1 fully saturated rings. The molecule has 174 valence electrons. The van der Waals surface area contributed by atoms with Gasteiger partial charge in [-0.2, -0.15) is 0 Å². The molecule has 4 nitrogen and oxygen atoms in total. The number of hydrogen-bond acceptors (Lipinski definition) is 4. The number of nitrogens with one attached hydrogen (secondary N) is 1. The number of piperidine rings is 1. The Kier molecular flexibility index (Phi) is 7.84. The summed E-state index contributed by atoms with van der Waals surface area (Å²) in [6, 6.07) is 16.2. The highest BCUT2D eigenvalue weighted by Gasteiger charge is 2.14. The van der Waals surface area contributed by atoms with Crippen molar-refractivity contribution in [3.63, 3.8) is 0 Å². The van der Waals surface area contributed by atoms with Crippen molar-refractivity contribution in [3.05, 3.63) is 81.6 Å². The van der Waals surface area contributed by atoms with Crippen LogP contribution < -0.4 is 19.7 Å². The number of ether oxygens (including phenoxy) is 2. The average Bonchev–Trinajstić information content (AvgIpc) is 2.83. The first-order chi connectivity index (χ1) is 16.0. The summed E-state index contributed by atoms with van der Waals surface area (Å²) in [6.07, 6.45) is 3.73. The molecular formula is C26H27Cl2FN2O2. The molecule has 1 aliphatic rings. The molecule has 3 aromatic carbocycles. The minimum Gasteiger partial charge on any atom is -0.493 e. The molecule has 0 saturated carbocycles. The van der Waals surface area contributed by atoms with Gasteiger partial charge in [0.05, 0.1) is 22.8 Å². The summed E-state index contributed by atoms with van der Waals surface area (Å²) in [5, 5.41) is 4.52. The Bertz CT molecular complexity index is 1100. The third-order valence-electron chi connectivity index (χ3n) is 5.77. The third-order valence-corrected chi connectivity index (χ3v) is 6.42. The molecule has 0 aromatic heterocycles. The highest BCUT2D eigenvalue weighted by atomic mass is 35.5. The lowest BCUT2D eigenvalue weighted by atomic mass is 10.1. The minimum absolute atomic E-state index is 0.217. The third kappa shape index (κ3) is 6.04. The van der Waals surface area contributed by atoms with Gasteiger partial charge < -0.3 is 19.7 Å². The van der Waals surface area contributed by atoms with E-state index < -0.39 is 0 Å². The Morgan fingerprint density at radius 2 is 1.73 bits per heavy atom. The molecule has 7 heteroatoms. The first-order valence-electron chi connectivity index (χ1n) is 11.1. The molecule has 0 spiro atoms. The van der Waals surface area contributed by atoms with Crippen LogP contribution in [0.3, 0.4) is 0 Å². The van der Waals surface area contributed by atoms with Crippen molar-refractivity contribution in [3.8, 4) is 11.5 Å². The van der Waals surface area contributed by atoms with Gasteiger partial charge in [0, 0.05) is 30.9 Å². The van der Waals surface area contributed by atoms with Crippen LogP contribution in [0.15, 0.2) is 54.6 Å². The predicted octanol–water partition coefficient (Wildman–Crippen LogP) is 7.32. The number of rotatable bonds is 8. The SMILES string of the molecule is COc1cc(CNc2ccc(N3CCCCC3)c(Cl)c2)ccc1OCc1ccc(F)cc1Cl. The van der Waals surface area contributed by atoms with E-state index in [4.69, 9.17) is 32.7 Å². The maximum atomic E-state index is 13.2. The number of benzene rings is 3. The summed E-state index contributed by atoms with van der Waals surface area (Å²) in [5.74, 6) is 0.835. The molecule has 0 aliphatic carbocycles. The summed E-state index contributed by atoms with van der Waals surface area (Å²) < 4.78 is 24.6. The Labute approximate surface area is 204 Å². The van der Waals surface area contributed by atoms with Crippen molar-refractivity contribution in [1.29, 1.82) is 0 Å². The number of anilines is 2. The van der Waals surface area contributed by atoms with Crippen LogP contribution in [0.4, 0.5) is 15.8 Å². The number of hydrogen-bond donors (Lipinski definition) is 1. The molecule has 0 radical (unpaired) electrons. The number of methoxy groups -OCH3 is 1. The van der Waals surface area contributed by atoms with E-state index in [9.17, 15) is 4.39 Å². The van der Waals surface area contributed by atoms with E-state index in [1.165, 1.54) is 31.4 Å². The van der Waals surface area contributed by atoms with Gasteiger partial charge in [-0.05, 0) is 67.3 Å². The van der Waals surface area contributed by atoms with Gasteiger partial charge in [-0.15, -0.1) is 0 Å². The van der Waals surface area contributed by atoms with Crippen LogP contribution in [0.1, 0.15) is 30.4 Å². The molecule has 33 heavy (non-hydrogen) atoms. The largest absolute Gasteiger partial charge is 0.493 e. The zero-order chi connectivity index (χ0) is 23.2. The topological polar surface area (TPSA) is 33.7 Å². The standard InChI is InChI=1S/C26H27Cl2FN2O2/c1-32-26-13-18(5-10-25(26)33-17-19-6-7-20(29)14-22(19)27)16-30-21-8-9-24(23(28)15-21)31-11-3-2-4-12-31/h5-10,13-15,30H,2-4,11-12,16-17H2,1H3. The lowest BCUT2D eigenvalue weighted by molar-refractivity contribution is 0.284. The summed E-state index contributed by atoms with van der Waals surface area (Å²) in [4.78, 5) is 2.36. The lowest BCUT2D eigenvalue weighted by Crippen LogP contribution is -2.29. The van der Waals surface area contributed by atoms with Gasteiger partial charge in [-0.1, -0.05) is 35.3 Å². The minimum atomic E-state index is -0.374. The van der Waals surface area contributed by atoms with Gasteiger partial charge >= 0.3 is 0 Å². The zero-order valence-corrected chi connectivity index (χ0v) is 20.1. The number of nitrogens with zero attached hydrogens (tertiary/aromatic N) is 1. The van der Waals surface area contributed by atoms with Crippen molar-refractivity contribution >= 4 is 34.6 Å². The van der Waals surface area contributed by atoms with Crippen LogP contribution in [0.25, 0.3) is 0 Å². The molecule has 0 atom stereocenters. The van der Waals surface area contributed by atoms with Crippen molar-refractivity contribution in [2.24, 2.45) is 0 Å². The average molecular weight is 489 g/mol. The fraction of sp³-hybridized carbons (Fsp3) is 0.308. The van der Waals surface area contributed by atoms with Gasteiger partial charge in [0.2, 0.25) is 0 Å². The molecule has 0 amide bonds. The fourth-order valence-corrected chi connectivity index (χ4v) is 4.47. The van der Waals surface area contributed by atoms with Gasteiger partial charge in [0.15, 0.2) is 11.5 Å². The van der Waals surface area contributed by atoms with E-state index in [0.29, 0.717) is 28.6 Å². The smallest absolute Gasteiger partial charge is 0.161 e. The highest BCUT2D eigenvalue weighted by molar-refractivity contribution is 6.33. The van der Waals surface area contributed by atoms with Gasteiger partial charge in [0.25, 0.3) is 0 Å². The van der Waals surface area contributed by atoms with Crippen LogP contribution in [-0.2, 0) is 13.2 Å². The normalized spacial score (nSPS) is 13.6. The van der Waals surface area contributed by atoms with Crippen LogP contribution >= 0.6 is 23.2 Å². The second kappa shape index (κ2) is 11.0. The second-order valence-electron chi connectivity index (χ2n) is 8.08. The zero-order valence-electron chi connectivity index (χ0n) is 18.5. The predicted molar refractivity (Wildman–Crippen MR) is 134 cm³/mol. The quantitative estimate of drug-likeness (QED) is 0.360. The monoisotopic (exact) mass is 488 g/mol. The Hall–Kier alpha value is -2.63. The molecule has 1 N–H and O–H groups in total. The van der Waals surface area contributed by atoms with E-state index in [1.54, 1.807) is 13.2 Å². The van der Waals surface area contributed by atoms with Crippen LogP contribution in [0, 0.1) is 5.82 Å². The first-order valence-corrected chi connectivity index (χ1v) is 11.8. The van der Waals surface area contributed by atoms with Crippen molar-refractivity contribution in [2.45, 2.75) is 32.4 Å². The fourth-order valence-electron chi connectivity index (χ4n) is 3.95. The molecule has 4 rings (SSSR count). The van der Waals surface area contributed by atoms with Crippen molar-refractivity contribution in [1.82, 2.24) is 0 Å². The van der Waals surface area contributed by atoms with Gasteiger partial charge in [0.1, 0.15) is 12.4 Å². The van der Waals surface area contributed by atoms with E-state index >= 15 is 0 Å². The molecule has 1 saturated heterocycles. The summed E-state index contributed by atoms with van der Waals surface area (Å²) in [6.45, 7) is 2.96. The molecular weight excluding hydrogens is 462 g/mol. The van der Waals surface area contributed by atoms with Crippen LogP contribution in [0.2, 0.25) is 10.0 Å².